The van der Waals surface area contributed by atoms with E-state index in [2.05, 4.69) is 36.2 Å². The highest BCUT2D eigenvalue weighted by Crippen LogP contribution is 2.45. The van der Waals surface area contributed by atoms with Crippen LogP contribution in [0.4, 0.5) is 0 Å². The Morgan fingerprint density at radius 1 is 0.906 bits per heavy atom. The second-order valence-corrected chi connectivity index (χ2v) is 9.44. The fraction of sp³-hybridized carbons (Fsp3) is 0.222. The number of hydrogen-bond donors (Lipinski definition) is 1. The number of nitrogens with one attached hydrogen (secondary N) is 1. The number of fused-ring (bicyclic) bond motifs is 1. The minimum absolute atomic E-state index is 0.0543. The van der Waals surface area contributed by atoms with Crippen LogP contribution in [0, 0.1) is 0 Å². The van der Waals surface area contributed by atoms with Gasteiger partial charge in [0.1, 0.15) is 0 Å². The van der Waals surface area contributed by atoms with Crippen molar-refractivity contribution in [3.05, 3.63) is 104 Å². The van der Waals surface area contributed by atoms with Gasteiger partial charge in [0, 0.05) is 33.1 Å². The molecule has 0 aliphatic heterocycles. The van der Waals surface area contributed by atoms with Crippen LogP contribution in [0.2, 0.25) is 15.1 Å². The Balaban J connectivity index is 1.92. The van der Waals surface area contributed by atoms with Gasteiger partial charge in [-0.1, -0.05) is 84.5 Å². The van der Waals surface area contributed by atoms with Gasteiger partial charge in [0.25, 0.3) is 0 Å². The molecule has 0 amide bonds. The predicted octanol–water partition coefficient (Wildman–Crippen LogP) is 9.05. The zero-order valence-corrected chi connectivity index (χ0v) is 20.2. The molecule has 0 bridgehead atoms. The maximum atomic E-state index is 11.8. The summed E-state index contributed by atoms with van der Waals surface area (Å²) in [6.45, 7) is 3.79. The molecule has 5 heteroatoms. The van der Waals surface area contributed by atoms with Gasteiger partial charge in [-0.25, -0.2) is 0 Å². The molecule has 4 rings (SSSR count). The van der Waals surface area contributed by atoms with Crippen LogP contribution in [0.5, 0.6) is 0 Å². The van der Waals surface area contributed by atoms with E-state index in [0.29, 0.717) is 15.1 Å². The zero-order chi connectivity index (χ0) is 22.8. The first kappa shape index (κ1) is 22.9. The first-order chi connectivity index (χ1) is 15.4. The number of rotatable bonds is 7. The highest BCUT2D eigenvalue weighted by molar-refractivity contribution is 6.38. The molecule has 0 spiro atoms. The number of Topliss-reactive ketones (excluding diaryl/α,β-unsaturated/α-hetero) is 1. The van der Waals surface area contributed by atoms with Gasteiger partial charge in [-0.2, -0.15) is 0 Å². The Kier molecular flexibility index (Phi) is 6.95. The van der Waals surface area contributed by atoms with Gasteiger partial charge in [0.15, 0.2) is 5.78 Å². The third kappa shape index (κ3) is 4.59. The summed E-state index contributed by atoms with van der Waals surface area (Å²) in [4.78, 5) is 15.2. The maximum absolute atomic E-state index is 11.8. The van der Waals surface area contributed by atoms with Crippen molar-refractivity contribution in [2.75, 3.05) is 0 Å². The SMILES string of the molecule is CCCC(c1ccc(C(C)=O)cc1)C(c1ccc(Cl)cc1)c1c[nH]c2c(Cl)cc(Cl)cc12. The average molecular weight is 485 g/mol. The monoisotopic (exact) mass is 483 g/mol. The van der Waals surface area contributed by atoms with Gasteiger partial charge in [-0.05, 0) is 60.2 Å². The van der Waals surface area contributed by atoms with E-state index < -0.39 is 0 Å². The van der Waals surface area contributed by atoms with Crippen molar-refractivity contribution < 1.29 is 4.79 Å². The van der Waals surface area contributed by atoms with Crippen molar-refractivity contribution in [1.29, 1.82) is 0 Å². The normalized spacial score (nSPS) is 13.3. The highest BCUT2D eigenvalue weighted by Gasteiger charge is 2.29. The van der Waals surface area contributed by atoms with E-state index in [0.717, 1.165) is 34.9 Å². The van der Waals surface area contributed by atoms with E-state index >= 15 is 0 Å². The Bertz CT molecular complexity index is 1240. The lowest BCUT2D eigenvalue weighted by atomic mass is 9.75. The fourth-order valence-corrected chi connectivity index (χ4v) is 5.21. The van der Waals surface area contributed by atoms with Crippen molar-refractivity contribution >= 4 is 51.5 Å². The number of carbonyl (C=O) groups excluding carboxylic acids is 1. The largest absolute Gasteiger partial charge is 0.360 e. The number of hydrogen-bond acceptors (Lipinski definition) is 1. The molecule has 0 radical (unpaired) electrons. The van der Waals surface area contributed by atoms with Crippen LogP contribution in [-0.4, -0.2) is 10.8 Å². The number of aromatic nitrogens is 1. The van der Waals surface area contributed by atoms with Crippen LogP contribution >= 0.6 is 34.8 Å². The molecule has 0 saturated heterocycles. The minimum Gasteiger partial charge on any atom is -0.360 e. The summed E-state index contributed by atoms with van der Waals surface area (Å²) < 4.78 is 0. The van der Waals surface area contributed by atoms with Gasteiger partial charge < -0.3 is 4.98 Å². The van der Waals surface area contributed by atoms with Crippen molar-refractivity contribution in [3.63, 3.8) is 0 Å². The highest BCUT2D eigenvalue weighted by atomic mass is 35.5. The molecule has 2 unspecified atom stereocenters. The van der Waals surface area contributed by atoms with E-state index in [1.807, 2.05) is 36.5 Å². The first-order valence-corrected chi connectivity index (χ1v) is 11.8. The van der Waals surface area contributed by atoms with E-state index in [4.69, 9.17) is 34.8 Å². The van der Waals surface area contributed by atoms with Gasteiger partial charge >= 0.3 is 0 Å². The number of benzene rings is 3. The number of H-pyrrole nitrogens is 1. The summed E-state index contributed by atoms with van der Waals surface area (Å²) in [6.07, 6.45) is 4.04. The first-order valence-electron chi connectivity index (χ1n) is 10.7. The van der Waals surface area contributed by atoms with E-state index in [-0.39, 0.29) is 17.6 Å². The summed E-state index contributed by atoms with van der Waals surface area (Å²) in [5, 5.41) is 2.93. The summed E-state index contributed by atoms with van der Waals surface area (Å²) in [5.74, 6) is 0.316. The third-order valence-corrected chi connectivity index (χ3v) is 6.82. The Morgan fingerprint density at radius 3 is 2.19 bits per heavy atom. The van der Waals surface area contributed by atoms with E-state index in [9.17, 15) is 4.79 Å². The molecule has 2 nitrogen and oxygen atoms in total. The molecule has 1 heterocycles. The van der Waals surface area contributed by atoms with Crippen molar-refractivity contribution in [2.24, 2.45) is 0 Å². The zero-order valence-electron chi connectivity index (χ0n) is 18.0. The summed E-state index contributed by atoms with van der Waals surface area (Å²) >= 11 is 19.1. The topological polar surface area (TPSA) is 32.9 Å². The average Bonchev–Trinajstić information content (AvgIpc) is 3.18. The van der Waals surface area contributed by atoms with Gasteiger partial charge in [0.05, 0.1) is 10.5 Å². The van der Waals surface area contributed by atoms with Gasteiger partial charge in [-0.3, -0.25) is 4.79 Å². The van der Waals surface area contributed by atoms with Crippen molar-refractivity contribution in [3.8, 4) is 0 Å². The number of carbonyl (C=O) groups is 1. The number of aromatic amines is 1. The molecule has 2 atom stereocenters. The standard InChI is InChI=1S/C27H24Cl3NO/c1-3-4-22(18-7-5-17(6-8-18)16(2)32)26(19-9-11-20(28)12-10-19)24-15-31-27-23(24)13-21(29)14-25(27)30/h5-15,22,26,31H,3-4H2,1-2H3. The fourth-order valence-electron chi connectivity index (χ4n) is 4.53. The quantitative estimate of drug-likeness (QED) is 0.261. The molecule has 0 fully saturated rings. The lowest BCUT2D eigenvalue weighted by Gasteiger charge is -2.28. The molecule has 164 valence electrons. The molecule has 32 heavy (non-hydrogen) atoms. The Hall–Kier alpha value is -2.26. The second kappa shape index (κ2) is 9.70. The summed E-state index contributed by atoms with van der Waals surface area (Å²) in [5.41, 5.74) is 5.10. The van der Waals surface area contributed by atoms with Crippen molar-refractivity contribution in [2.45, 2.75) is 38.5 Å². The summed E-state index contributed by atoms with van der Waals surface area (Å²) in [7, 11) is 0. The molecule has 4 aromatic rings. The lowest BCUT2D eigenvalue weighted by Crippen LogP contribution is -2.13. The van der Waals surface area contributed by atoms with Crippen LogP contribution in [0.1, 0.15) is 65.6 Å². The second-order valence-electron chi connectivity index (χ2n) is 8.16. The third-order valence-electron chi connectivity index (χ3n) is 6.05. The molecule has 1 aromatic heterocycles. The van der Waals surface area contributed by atoms with Crippen LogP contribution < -0.4 is 0 Å². The molecule has 0 saturated carbocycles. The van der Waals surface area contributed by atoms with Gasteiger partial charge in [0.2, 0.25) is 0 Å². The van der Waals surface area contributed by atoms with Crippen molar-refractivity contribution in [1.82, 2.24) is 4.98 Å². The smallest absolute Gasteiger partial charge is 0.159 e. The maximum Gasteiger partial charge on any atom is 0.159 e. The van der Waals surface area contributed by atoms with Crippen LogP contribution in [0.25, 0.3) is 10.9 Å². The van der Waals surface area contributed by atoms with Crippen LogP contribution in [0.3, 0.4) is 0 Å². The molecule has 1 N–H and O–H groups in total. The van der Waals surface area contributed by atoms with Gasteiger partial charge in [-0.15, -0.1) is 0 Å². The minimum atomic E-state index is 0.0543. The summed E-state index contributed by atoms with van der Waals surface area (Å²) in [6, 6.07) is 19.8. The molecular formula is C27H24Cl3NO. The molecular weight excluding hydrogens is 461 g/mol. The van der Waals surface area contributed by atoms with E-state index in [1.54, 1.807) is 13.0 Å². The molecule has 3 aromatic carbocycles. The molecule has 0 aliphatic carbocycles. The lowest BCUT2D eigenvalue weighted by molar-refractivity contribution is 0.101. The van der Waals surface area contributed by atoms with Crippen LogP contribution in [-0.2, 0) is 0 Å². The number of ketones is 1. The predicted molar refractivity (Wildman–Crippen MR) is 136 cm³/mol. The Labute approximate surface area is 203 Å². The Morgan fingerprint density at radius 2 is 1.56 bits per heavy atom. The van der Waals surface area contributed by atoms with E-state index in [1.165, 1.54) is 11.1 Å². The molecule has 0 aliphatic rings. The van der Waals surface area contributed by atoms with Crippen LogP contribution in [0.15, 0.2) is 66.9 Å². The number of halogens is 3.